The van der Waals surface area contributed by atoms with Gasteiger partial charge in [0.05, 0.1) is 24.4 Å². The fraction of sp³-hybridized carbons (Fsp3) is 0.429. The molecule has 2 heterocycles. The van der Waals surface area contributed by atoms with Crippen LogP contribution in [0.4, 0.5) is 0 Å². The molecule has 1 saturated heterocycles. The second kappa shape index (κ2) is 5.01. The lowest BCUT2D eigenvalue weighted by Gasteiger charge is -2.23. The molecule has 0 amide bonds. The molecule has 1 aliphatic heterocycles. The standard InChI is InChI=1S/C14H16N2O3/c1-18-14(17)10-5-4-6-12-11(10)9-15-16(12)13-7-2-3-8-19-13/h4-6,9,13H,2-3,7-8H2,1H3. The van der Waals surface area contributed by atoms with Crippen molar-refractivity contribution in [2.45, 2.75) is 25.5 Å². The van der Waals surface area contributed by atoms with E-state index >= 15 is 0 Å². The van der Waals surface area contributed by atoms with Gasteiger partial charge in [-0.1, -0.05) is 6.07 Å². The van der Waals surface area contributed by atoms with Gasteiger partial charge in [-0.2, -0.15) is 5.10 Å². The topological polar surface area (TPSA) is 53.3 Å². The number of methoxy groups -OCH3 is 1. The first-order chi connectivity index (χ1) is 9.31. The highest BCUT2D eigenvalue weighted by atomic mass is 16.5. The van der Waals surface area contributed by atoms with E-state index in [4.69, 9.17) is 9.47 Å². The van der Waals surface area contributed by atoms with Crippen LogP contribution in [-0.4, -0.2) is 29.5 Å². The van der Waals surface area contributed by atoms with E-state index in [1.807, 2.05) is 16.8 Å². The number of benzene rings is 1. The number of carbonyl (C=O) groups is 1. The van der Waals surface area contributed by atoms with Crippen LogP contribution in [0.1, 0.15) is 35.8 Å². The molecular formula is C14H16N2O3. The van der Waals surface area contributed by atoms with Gasteiger partial charge < -0.3 is 9.47 Å². The first-order valence-electron chi connectivity index (χ1n) is 6.47. The molecule has 5 heteroatoms. The Hall–Kier alpha value is -1.88. The Labute approximate surface area is 111 Å². The maximum absolute atomic E-state index is 11.7. The van der Waals surface area contributed by atoms with Gasteiger partial charge in [-0.3, -0.25) is 0 Å². The summed E-state index contributed by atoms with van der Waals surface area (Å²) in [4.78, 5) is 11.7. The zero-order chi connectivity index (χ0) is 13.2. The van der Waals surface area contributed by atoms with Crippen LogP contribution < -0.4 is 0 Å². The van der Waals surface area contributed by atoms with Crippen molar-refractivity contribution in [1.82, 2.24) is 9.78 Å². The Kier molecular flexibility index (Phi) is 3.21. The molecule has 2 aromatic rings. The molecule has 3 rings (SSSR count). The molecule has 0 spiro atoms. The number of hydrogen-bond donors (Lipinski definition) is 0. The van der Waals surface area contributed by atoms with Gasteiger partial charge in [0.25, 0.3) is 0 Å². The summed E-state index contributed by atoms with van der Waals surface area (Å²) >= 11 is 0. The number of fused-ring (bicyclic) bond motifs is 1. The fourth-order valence-corrected chi connectivity index (χ4v) is 2.50. The van der Waals surface area contributed by atoms with E-state index < -0.39 is 0 Å². The number of nitrogens with zero attached hydrogens (tertiary/aromatic N) is 2. The zero-order valence-electron chi connectivity index (χ0n) is 10.8. The third-order valence-electron chi connectivity index (χ3n) is 3.47. The van der Waals surface area contributed by atoms with Crippen molar-refractivity contribution in [2.75, 3.05) is 13.7 Å². The van der Waals surface area contributed by atoms with Crippen LogP contribution >= 0.6 is 0 Å². The zero-order valence-corrected chi connectivity index (χ0v) is 10.8. The maximum Gasteiger partial charge on any atom is 0.338 e. The summed E-state index contributed by atoms with van der Waals surface area (Å²) < 4.78 is 12.4. The Morgan fingerprint density at radius 1 is 1.47 bits per heavy atom. The molecule has 0 saturated carbocycles. The summed E-state index contributed by atoms with van der Waals surface area (Å²) in [6.45, 7) is 0.767. The van der Waals surface area contributed by atoms with Gasteiger partial charge in [0.2, 0.25) is 0 Å². The minimum atomic E-state index is -0.338. The summed E-state index contributed by atoms with van der Waals surface area (Å²) in [7, 11) is 1.38. The van der Waals surface area contributed by atoms with Gasteiger partial charge in [-0.25, -0.2) is 9.48 Å². The monoisotopic (exact) mass is 260 g/mol. The smallest absolute Gasteiger partial charge is 0.338 e. The second-order valence-corrected chi connectivity index (χ2v) is 4.64. The highest BCUT2D eigenvalue weighted by Gasteiger charge is 2.20. The van der Waals surface area contributed by atoms with E-state index in [1.54, 1.807) is 12.3 Å². The molecule has 0 radical (unpaired) electrons. The number of ether oxygens (including phenoxy) is 2. The predicted octanol–water partition coefficient (Wildman–Crippen LogP) is 2.52. The highest BCUT2D eigenvalue weighted by Crippen LogP contribution is 2.27. The summed E-state index contributed by atoms with van der Waals surface area (Å²) in [6.07, 6.45) is 4.88. The predicted molar refractivity (Wildman–Crippen MR) is 69.9 cm³/mol. The van der Waals surface area contributed by atoms with Crippen molar-refractivity contribution in [2.24, 2.45) is 0 Å². The summed E-state index contributed by atoms with van der Waals surface area (Å²) in [6, 6.07) is 5.55. The molecule has 1 unspecified atom stereocenters. The number of carbonyl (C=O) groups excluding carboxylic acids is 1. The van der Waals surface area contributed by atoms with E-state index in [9.17, 15) is 4.79 Å². The maximum atomic E-state index is 11.7. The van der Waals surface area contributed by atoms with E-state index in [0.29, 0.717) is 5.56 Å². The molecule has 1 aromatic heterocycles. The lowest BCUT2D eigenvalue weighted by atomic mass is 10.1. The van der Waals surface area contributed by atoms with Crippen LogP contribution in [0.25, 0.3) is 10.9 Å². The minimum absolute atomic E-state index is 0.0286. The van der Waals surface area contributed by atoms with Gasteiger partial charge in [-0.15, -0.1) is 0 Å². The van der Waals surface area contributed by atoms with Gasteiger partial charge >= 0.3 is 5.97 Å². The minimum Gasteiger partial charge on any atom is -0.465 e. The molecule has 1 aliphatic rings. The van der Waals surface area contributed by atoms with Crippen LogP contribution in [0.5, 0.6) is 0 Å². The van der Waals surface area contributed by atoms with Gasteiger partial charge in [0, 0.05) is 12.0 Å². The molecule has 100 valence electrons. The third-order valence-corrected chi connectivity index (χ3v) is 3.47. The first kappa shape index (κ1) is 12.2. The lowest BCUT2D eigenvalue weighted by Crippen LogP contribution is -2.19. The molecular weight excluding hydrogens is 244 g/mol. The van der Waals surface area contributed by atoms with E-state index in [-0.39, 0.29) is 12.2 Å². The van der Waals surface area contributed by atoms with Crippen molar-refractivity contribution in [3.05, 3.63) is 30.0 Å². The average Bonchev–Trinajstić information content (AvgIpc) is 2.91. The average molecular weight is 260 g/mol. The molecule has 0 N–H and O–H groups in total. The number of hydrogen-bond acceptors (Lipinski definition) is 4. The van der Waals surface area contributed by atoms with Gasteiger partial charge in [0.15, 0.2) is 6.23 Å². The second-order valence-electron chi connectivity index (χ2n) is 4.64. The number of esters is 1. The van der Waals surface area contributed by atoms with E-state index in [0.717, 1.165) is 36.8 Å². The van der Waals surface area contributed by atoms with Crippen molar-refractivity contribution in [3.63, 3.8) is 0 Å². The van der Waals surface area contributed by atoms with E-state index in [1.165, 1.54) is 7.11 Å². The largest absolute Gasteiger partial charge is 0.465 e. The Morgan fingerprint density at radius 3 is 3.11 bits per heavy atom. The molecule has 5 nitrogen and oxygen atoms in total. The summed E-state index contributed by atoms with van der Waals surface area (Å²) in [5.74, 6) is -0.338. The Morgan fingerprint density at radius 2 is 2.37 bits per heavy atom. The van der Waals surface area contributed by atoms with Crippen molar-refractivity contribution in [3.8, 4) is 0 Å². The number of aromatic nitrogens is 2. The van der Waals surface area contributed by atoms with Crippen molar-refractivity contribution >= 4 is 16.9 Å². The Balaban J connectivity index is 2.05. The van der Waals surface area contributed by atoms with Crippen LogP contribution in [-0.2, 0) is 9.47 Å². The van der Waals surface area contributed by atoms with Crippen molar-refractivity contribution in [1.29, 1.82) is 0 Å². The molecule has 1 fully saturated rings. The molecule has 1 aromatic carbocycles. The van der Waals surface area contributed by atoms with E-state index in [2.05, 4.69) is 5.10 Å². The third kappa shape index (κ3) is 2.10. The highest BCUT2D eigenvalue weighted by molar-refractivity contribution is 6.03. The van der Waals surface area contributed by atoms with Gasteiger partial charge in [-0.05, 0) is 31.4 Å². The summed E-state index contributed by atoms with van der Waals surface area (Å²) in [5.41, 5.74) is 1.46. The summed E-state index contributed by atoms with van der Waals surface area (Å²) in [5, 5.41) is 5.19. The molecule has 1 atom stereocenters. The SMILES string of the molecule is COC(=O)c1cccc2c1cnn2C1CCCCO1. The van der Waals surface area contributed by atoms with Crippen molar-refractivity contribution < 1.29 is 14.3 Å². The molecule has 0 bridgehead atoms. The van der Waals surface area contributed by atoms with Crippen LogP contribution in [0.3, 0.4) is 0 Å². The molecule has 19 heavy (non-hydrogen) atoms. The fourth-order valence-electron chi connectivity index (χ4n) is 2.50. The first-order valence-corrected chi connectivity index (χ1v) is 6.47. The molecule has 0 aliphatic carbocycles. The quantitative estimate of drug-likeness (QED) is 0.778. The van der Waals surface area contributed by atoms with Crippen LogP contribution in [0.15, 0.2) is 24.4 Å². The lowest BCUT2D eigenvalue weighted by molar-refractivity contribution is -0.0366. The van der Waals surface area contributed by atoms with Crippen LogP contribution in [0.2, 0.25) is 0 Å². The van der Waals surface area contributed by atoms with Gasteiger partial charge in [0.1, 0.15) is 0 Å². The normalized spacial score (nSPS) is 19.5. The Bertz CT molecular complexity index is 600. The number of rotatable bonds is 2. The van der Waals surface area contributed by atoms with Crippen LogP contribution in [0, 0.1) is 0 Å².